The van der Waals surface area contributed by atoms with Crippen LogP contribution in [0.2, 0.25) is 0 Å². The molecule has 0 aromatic carbocycles. The first-order chi connectivity index (χ1) is 12.3. The number of hydrogen-bond donors (Lipinski definition) is 2. The standard InChI is InChI=1S/C19H33N5O.HI/c1-4-12-24-13-9-17(10-14-24)23-19(20-5-2)22-15-16-8-7-11-21-18(16)25-6-3;/h7-8,11,17H,4-6,9-10,12-15H2,1-3H3,(H2,20,22,23);1H. The summed E-state index contributed by atoms with van der Waals surface area (Å²) in [4.78, 5) is 11.6. The Morgan fingerprint density at radius 2 is 2.08 bits per heavy atom. The van der Waals surface area contributed by atoms with E-state index in [1.54, 1.807) is 6.20 Å². The minimum atomic E-state index is 0. The van der Waals surface area contributed by atoms with Crippen molar-refractivity contribution in [2.45, 2.75) is 52.6 Å². The van der Waals surface area contributed by atoms with Crippen molar-refractivity contribution >= 4 is 29.9 Å². The van der Waals surface area contributed by atoms with Gasteiger partial charge in [-0.2, -0.15) is 0 Å². The Bertz CT molecular complexity index is 532. The summed E-state index contributed by atoms with van der Waals surface area (Å²) in [6.45, 7) is 11.9. The van der Waals surface area contributed by atoms with E-state index in [0.717, 1.165) is 18.1 Å². The Kier molecular flexibility index (Phi) is 11.6. The Morgan fingerprint density at radius 3 is 2.73 bits per heavy atom. The predicted molar refractivity (Wildman–Crippen MR) is 119 cm³/mol. The Hall–Kier alpha value is -1.09. The number of aromatic nitrogens is 1. The van der Waals surface area contributed by atoms with Crippen molar-refractivity contribution in [3.05, 3.63) is 23.9 Å². The molecule has 26 heavy (non-hydrogen) atoms. The number of aliphatic imine (C=N–C) groups is 1. The minimum absolute atomic E-state index is 0. The highest BCUT2D eigenvalue weighted by Gasteiger charge is 2.19. The van der Waals surface area contributed by atoms with Gasteiger partial charge in [-0.25, -0.2) is 9.98 Å². The monoisotopic (exact) mass is 475 g/mol. The van der Waals surface area contributed by atoms with Crippen LogP contribution in [0, 0.1) is 0 Å². The third kappa shape index (κ3) is 7.65. The van der Waals surface area contributed by atoms with Crippen molar-refractivity contribution in [3.63, 3.8) is 0 Å². The number of halogens is 1. The molecule has 0 spiro atoms. The highest BCUT2D eigenvalue weighted by Crippen LogP contribution is 2.15. The molecule has 0 amide bonds. The van der Waals surface area contributed by atoms with E-state index >= 15 is 0 Å². The number of rotatable bonds is 8. The number of likely N-dealkylation sites (tertiary alicyclic amines) is 1. The van der Waals surface area contributed by atoms with Gasteiger partial charge in [0.2, 0.25) is 5.88 Å². The number of guanidine groups is 1. The van der Waals surface area contributed by atoms with E-state index < -0.39 is 0 Å². The maximum Gasteiger partial charge on any atom is 0.218 e. The van der Waals surface area contributed by atoms with Gasteiger partial charge >= 0.3 is 0 Å². The zero-order valence-corrected chi connectivity index (χ0v) is 18.7. The SMILES string of the molecule is CCCN1CCC(NC(=NCc2cccnc2OCC)NCC)CC1.I. The van der Waals surface area contributed by atoms with Crippen LogP contribution in [0.25, 0.3) is 0 Å². The van der Waals surface area contributed by atoms with E-state index in [-0.39, 0.29) is 24.0 Å². The molecule has 1 aromatic heterocycles. The normalized spacial score (nSPS) is 16.0. The van der Waals surface area contributed by atoms with Crippen molar-refractivity contribution in [1.82, 2.24) is 20.5 Å². The zero-order chi connectivity index (χ0) is 17.9. The lowest BCUT2D eigenvalue weighted by Gasteiger charge is -2.32. The first-order valence-electron chi connectivity index (χ1n) is 9.60. The zero-order valence-electron chi connectivity index (χ0n) is 16.3. The first kappa shape index (κ1) is 23.0. The van der Waals surface area contributed by atoms with Gasteiger partial charge in [0, 0.05) is 37.4 Å². The van der Waals surface area contributed by atoms with E-state index in [1.165, 1.54) is 38.9 Å². The molecule has 148 valence electrons. The molecular weight excluding hydrogens is 441 g/mol. The van der Waals surface area contributed by atoms with Crippen LogP contribution < -0.4 is 15.4 Å². The fourth-order valence-electron chi connectivity index (χ4n) is 3.11. The van der Waals surface area contributed by atoms with Gasteiger partial charge in [-0.3, -0.25) is 0 Å². The fourth-order valence-corrected chi connectivity index (χ4v) is 3.11. The van der Waals surface area contributed by atoms with Crippen LogP contribution in [0.3, 0.4) is 0 Å². The van der Waals surface area contributed by atoms with E-state index in [1.807, 2.05) is 19.1 Å². The summed E-state index contributed by atoms with van der Waals surface area (Å²) in [7, 11) is 0. The number of pyridine rings is 1. The number of nitrogens with one attached hydrogen (secondary N) is 2. The highest BCUT2D eigenvalue weighted by atomic mass is 127. The predicted octanol–water partition coefficient (Wildman–Crippen LogP) is 3.03. The summed E-state index contributed by atoms with van der Waals surface area (Å²) < 4.78 is 5.59. The lowest BCUT2D eigenvalue weighted by Crippen LogP contribution is -2.48. The number of nitrogens with zero attached hydrogens (tertiary/aromatic N) is 3. The molecule has 7 heteroatoms. The Balaban J connectivity index is 0.00000338. The Morgan fingerprint density at radius 1 is 1.31 bits per heavy atom. The maximum atomic E-state index is 5.59. The molecule has 1 aliphatic heterocycles. The summed E-state index contributed by atoms with van der Waals surface area (Å²) in [5.41, 5.74) is 1.01. The highest BCUT2D eigenvalue weighted by molar-refractivity contribution is 14.0. The first-order valence-corrected chi connectivity index (χ1v) is 9.60. The van der Waals surface area contributed by atoms with Gasteiger partial charge in [-0.05, 0) is 45.7 Å². The van der Waals surface area contributed by atoms with E-state index in [2.05, 4.69) is 34.4 Å². The smallest absolute Gasteiger partial charge is 0.218 e. The average Bonchev–Trinajstić information content (AvgIpc) is 2.63. The van der Waals surface area contributed by atoms with Crippen LogP contribution in [0.15, 0.2) is 23.3 Å². The van der Waals surface area contributed by atoms with Crippen molar-refractivity contribution in [3.8, 4) is 5.88 Å². The van der Waals surface area contributed by atoms with Crippen LogP contribution in [-0.4, -0.2) is 54.7 Å². The fraction of sp³-hybridized carbons (Fsp3) is 0.684. The van der Waals surface area contributed by atoms with Gasteiger partial charge < -0.3 is 20.3 Å². The van der Waals surface area contributed by atoms with Gasteiger partial charge in [0.15, 0.2) is 5.96 Å². The van der Waals surface area contributed by atoms with Crippen LogP contribution in [0.1, 0.15) is 45.6 Å². The molecule has 2 rings (SSSR count). The second-order valence-corrected chi connectivity index (χ2v) is 6.36. The van der Waals surface area contributed by atoms with E-state index in [4.69, 9.17) is 9.73 Å². The molecule has 1 aromatic rings. The summed E-state index contributed by atoms with van der Waals surface area (Å²) in [6.07, 6.45) is 5.32. The third-order valence-corrected chi connectivity index (χ3v) is 4.35. The largest absolute Gasteiger partial charge is 0.478 e. The molecule has 1 saturated heterocycles. The van der Waals surface area contributed by atoms with E-state index in [9.17, 15) is 0 Å². The Labute approximate surface area is 175 Å². The second-order valence-electron chi connectivity index (χ2n) is 6.36. The molecule has 2 N–H and O–H groups in total. The molecule has 0 atom stereocenters. The molecule has 1 fully saturated rings. The average molecular weight is 475 g/mol. The molecule has 0 bridgehead atoms. The molecule has 0 unspecified atom stereocenters. The third-order valence-electron chi connectivity index (χ3n) is 4.35. The van der Waals surface area contributed by atoms with Gasteiger partial charge in [0.05, 0.1) is 13.2 Å². The lowest BCUT2D eigenvalue weighted by molar-refractivity contribution is 0.206. The molecule has 6 nitrogen and oxygen atoms in total. The van der Waals surface area contributed by atoms with Crippen molar-refractivity contribution < 1.29 is 4.74 Å². The van der Waals surface area contributed by atoms with Crippen LogP contribution in [0.4, 0.5) is 0 Å². The summed E-state index contributed by atoms with van der Waals surface area (Å²) in [5.74, 6) is 1.56. The molecular formula is C19H34IN5O. The van der Waals surface area contributed by atoms with Crippen LogP contribution >= 0.6 is 24.0 Å². The van der Waals surface area contributed by atoms with E-state index in [0.29, 0.717) is 25.1 Å². The lowest BCUT2D eigenvalue weighted by atomic mass is 10.1. The van der Waals surface area contributed by atoms with Crippen LogP contribution in [0.5, 0.6) is 5.88 Å². The second kappa shape index (κ2) is 13.1. The van der Waals surface area contributed by atoms with Gasteiger partial charge in [0.25, 0.3) is 0 Å². The van der Waals surface area contributed by atoms with Crippen molar-refractivity contribution in [2.75, 3.05) is 32.8 Å². The van der Waals surface area contributed by atoms with Crippen molar-refractivity contribution in [2.24, 2.45) is 4.99 Å². The minimum Gasteiger partial charge on any atom is -0.478 e. The summed E-state index contributed by atoms with van der Waals surface area (Å²) in [6, 6.07) is 4.44. The van der Waals surface area contributed by atoms with Crippen molar-refractivity contribution in [1.29, 1.82) is 0 Å². The maximum absolute atomic E-state index is 5.59. The summed E-state index contributed by atoms with van der Waals surface area (Å²) in [5, 5.41) is 6.94. The van der Waals surface area contributed by atoms with Crippen LogP contribution in [-0.2, 0) is 6.54 Å². The molecule has 0 saturated carbocycles. The summed E-state index contributed by atoms with van der Waals surface area (Å²) >= 11 is 0. The topological polar surface area (TPSA) is 61.8 Å². The molecule has 2 heterocycles. The molecule has 1 aliphatic rings. The quantitative estimate of drug-likeness (QED) is 0.344. The number of piperidine rings is 1. The number of ether oxygens (including phenoxy) is 1. The molecule has 0 aliphatic carbocycles. The van der Waals surface area contributed by atoms with Gasteiger partial charge in [-0.15, -0.1) is 24.0 Å². The van der Waals surface area contributed by atoms with Gasteiger partial charge in [0.1, 0.15) is 0 Å². The number of hydrogen-bond acceptors (Lipinski definition) is 4. The molecule has 0 radical (unpaired) electrons. The van der Waals surface area contributed by atoms with Gasteiger partial charge in [-0.1, -0.05) is 13.0 Å².